The number of rotatable bonds is 6. The minimum absolute atomic E-state index is 0.184. The number of hydrogen-bond donors (Lipinski definition) is 1. The van der Waals surface area contributed by atoms with E-state index in [1.807, 2.05) is 30.3 Å². The molecule has 1 aromatic heterocycles. The van der Waals surface area contributed by atoms with Gasteiger partial charge >= 0.3 is 0 Å². The summed E-state index contributed by atoms with van der Waals surface area (Å²) >= 11 is 1.37. The highest BCUT2D eigenvalue weighted by atomic mass is 32.1. The summed E-state index contributed by atoms with van der Waals surface area (Å²) in [6.45, 7) is 0. The molecule has 0 bridgehead atoms. The summed E-state index contributed by atoms with van der Waals surface area (Å²) in [5, 5.41) is 13.7. The number of aromatic nitrogens is 1. The van der Waals surface area contributed by atoms with Gasteiger partial charge in [0.1, 0.15) is 5.69 Å². The van der Waals surface area contributed by atoms with Crippen molar-refractivity contribution >= 4 is 23.0 Å². The van der Waals surface area contributed by atoms with Gasteiger partial charge in [-0.25, -0.2) is 4.98 Å². The largest absolute Gasteiger partial charge is 0.358 e. The Balaban J connectivity index is 2.03. The molecule has 1 aromatic carbocycles. The predicted molar refractivity (Wildman–Crippen MR) is 83.5 cm³/mol. The molecule has 0 spiro atoms. The molecule has 0 aliphatic carbocycles. The molecule has 2 rings (SSSR count). The van der Waals surface area contributed by atoms with Gasteiger partial charge in [-0.15, -0.1) is 11.3 Å². The van der Waals surface area contributed by atoms with Crippen LogP contribution in [0.3, 0.4) is 0 Å². The fourth-order valence-electron chi connectivity index (χ4n) is 1.96. The van der Waals surface area contributed by atoms with Crippen LogP contribution in [0.5, 0.6) is 0 Å². The first-order valence-electron chi connectivity index (χ1n) is 6.79. The van der Waals surface area contributed by atoms with E-state index < -0.39 is 17.6 Å². The number of benzene rings is 1. The fraction of sp³-hybridized carbons (Fsp3) is 0.250. The summed E-state index contributed by atoms with van der Waals surface area (Å²) in [7, 11) is 1.40. The van der Waals surface area contributed by atoms with E-state index in [0.717, 1.165) is 17.8 Å². The number of nitrogens with one attached hydrogen (secondary N) is 1. The summed E-state index contributed by atoms with van der Waals surface area (Å²) in [5.74, 6) is -2.50. The van der Waals surface area contributed by atoms with Crippen LogP contribution in [-0.2, 0) is 17.6 Å². The molecule has 1 amide bonds. The van der Waals surface area contributed by atoms with Crippen LogP contribution in [0.4, 0.5) is 0 Å². The molecule has 5 nitrogen and oxygen atoms in total. The third-order valence-electron chi connectivity index (χ3n) is 3.17. The Bertz CT molecular complexity index is 704. The highest BCUT2D eigenvalue weighted by Crippen LogP contribution is 2.16. The highest BCUT2D eigenvalue weighted by molar-refractivity contribution is 7.09. The number of carbonyl (C=O) groups is 2. The Morgan fingerprint density at radius 1 is 1.32 bits per heavy atom. The number of nitriles is 1. The monoisotopic (exact) mass is 313 g/mol. The quantitative estimate of drug-likeness (QED) is 0.653. The molecule has 112 valence electrons. The molecule has 22 heavy (non-hydrogen) atoms. The molecule has 6 heteroatoms. The molecule has 0 aliphatic rings. The molecule has 0 radical (unpaired) electrons. The summed E-state index contributed by atoms with van der Waals surface area (Å²) < 4.78 is 0. The first kappa shape index (κ1) is 15.9. The van der Waals surface area contributed by atoms with Gasteiger partial charge < -0.3 is 5.32 Å². The van der Waals surface area contributed by atoms with Crippen molar-refractivity contribution in [3.05, 3.63) is 52.0 Å². The van der Waals surface area contributed by atoms with Gasteiger partial charge in [0.05, 0.1) is 11.1 Å². The van der Waals surface area contributed by atoms with E-state index in [1.165, 1.54) is 23.9 Å². The number of nitrogens with zero attached hydrogens (tertiary/aromatic N) is 2. The molecule has 0 aliphatic heterocycles. The average molecular weight is 313 g/mol. The molecular formula is C16H15N3O2S. The number of carbonyl (C=O) groups excluding carboxylic acids is 2. The zero-order chi connectivity index (χ0) is 15.9. The number of Topliss-reactive ketones (excluding diaryl/α,β-unsaturated/α-hetero) is 1. The topological polar surface area (TPSA) is 82.9 Å². The Hall–Kier alpha value is -2.52. The van der Waals surface area contributed by atoms with Crippen LogP contribution in [0.25, 0.3) is 0 Å². The first-order chi connectivity index (χ1) is 10.7. The number of amides is 1. The molecule has 0 saturated carbocycles. The van der Waals surface area contributed by atoms with E-state index in [9.17, 15) is 9.59 Å². The molecular weight excluding hydrogens is 298 g/mol. The average Bonchev–Trinajstić information content (AvgIpc) is 3.03. The Morgan fingerprint density at radius 2 is 2.05 bits per heavy atom. The van der Waals surface area contributed by atoms with Gasteiger partial charge in [-0.2, -0.15) is 5.26 Å². The molecule has 1 heterocycles. The second-order valence-electron chi connectivity index (χ2n) is 4.65. The van der Waals surface area contributed by atoms with Crippen LogP contribution in [0.15, 0.2) is 35.7 Å². The molecule has 0 saturated heterocycles. The number of aryl methyl sites for hydroxylation is 2. The van der Waals surface area contributed by atoms with Crippen LogP contribution in [0, 0.1) is 17.2 Å². The standard InChI is InChI=1S/C16H15N3O2S/c1-18-16(21)12(9-17)15(20)13-10-22-14(19-13)8-7-11-5-3-2-4-6-11/h2-6,10,12H,7-8H2,1H3,(H,18,21). The minimum Gasteiger partial charge on any atom is -0.358 e. The van der Waals surface area contributed by atoms with Gasteiger partial charge in [-0.1, -0.05) is 30.3 Å². The Labute approximate surface area is 132 Å². The number of hydrogen-bond acceptors (Lipinski definition) is 5. The first-order valence-corrected chi connectivity index (χ1v) is 7.67. The van der Waals surface area contributed by atoms with E-state index >= 15 is 0 Å². The van der Waals surface area contributed by atoms with Crippen LogP contribution in [0.1, 0.15) is 21.1 Å². The lowest BCUT2D eigenvalue weighted by Gasteiger charge is -2.03. The van der Waals surface area contributed by atoms with E-state index in [4.69, 9.17) is 5.26 Å². The maximum atomic E-state index is 12.1. The van der Waals surface area contributed by atoms with Crippen molar-refractivity contribution in [2.24, 2.45) is 5.92 Å². The molecule has 1 N–H and O–H groups in total. The van der Waals surface area contributed by atoms with Gasteiger partial charge in [-0.3, -0.25) is 9.59 Å². The molecule has 1 atom stereocenters. The minimum atomic E-state index is -1.34. The van der Waals surface area contributed by atoms with Crippen molar-refractivity contribution in [3.8, 4) is 6.07 Å². The number of ketones is 1. The maximum absolute atomic E-state index is 12.1. The summed E-state index contributed by atoms with van der Waals surface area (Å²) in [6, 6.07) is 11.7. The van der Waals surface area contributed by atoms with Crippen LogP contribution >= 0.6 is 11.3 Å². The van der Waals surface area contributed by atoms with Gasteiger partial charge in [0, 0.05) is 18.8 Å². The van der Waals surface area contributed by atoms with Crippen molar-refractivity contribution in [1.29, 1.82) is 5.26 Å². The van der Waals surface area contributed by atoms with Crippen LogP contribution in [0.2, 0.25) is 0 Å². The predicted octanol–water partition coefficient (Wildman–Crippen LogP) is 2.00. The third kappa shape index (κ3) is 3.77. The van der Waals surface area contributed by atoms with Crippen molar-refractivity contribution < 1.29 is 9.59 Å². The second-order valence-corrected chi connectivity index (χ2v) is 5.60. The normalized spacial score (nSPS) is 11.5. The van der Waals surface area contributed by atoms with Crippen molar-refractivity contribution in [2.45, 2.75) is 12.8 Å². The maximum Gasteiger partial charge on any atom is 0.245 e. The lowest BCUT2D eigenvalue weighted by atomic mass is 10.0. The molecule has 1 unspecified atom stereocenters. The van der Waals surface area contributed by atoms with Gasteiger partial charge in [-0.05, 0) is 12.0 Å². The molecule has 2 aromatic rings. The second kappa shape index (κ2) is 7.48. The Kier molecular flexibility index (Phi) is 5.39. The van der Waals surface area contributed by atoms with Crippen LogP contribution < -0.4 is 5.32 Å². The summed E-state index contributed by atoms with van der Waals surface area (Å²) in [5.41, 5.74) is 1.38. The van der Waals surface area contributed by atoms with Gasteiger partial charge in [0.2, 0.25) is 11.7 Å². The number of thiazole rings is 1. The zero-order valence-corrected chi connectivity index (χ0v) is 12.9. The van der Waals surface area contributed by atoms with Gasteiger partial charge in [0.25, 0.3) is 0 Å². The zero-order valence-electron chi connectivity index (χ0n) is 12.1. The van der Waals surface area contributed by atoms with Crippen molar-refractivity contribution in [3.63, 3.8) is 0 Å². The third-order valence-corrected chi connectivity index (χ3v) is 4.08. The van der Waals surface area contributed by atoms with Crippen LogP contribution in [-0.4, -0.2) is 23.7 Å². The smallest absolute Gasteiger partial charge is 0.245 e. The lowest BCUT2D eigenvalue weighted by molar-refractivity contribution is -0.121. The summed E-state index contributed by atoms with van der Waals surface area (Å²) in [4.78, 5) is 27.9. The fourth-order valence-corrected chi connectivity index (χ4v) is 2.75. The van der Waals surface area contributed by atoms with E-state index in [0.29, 0.717) is 0 Å². The van der Waals surface area contributed by atoms with Gasteiger partial charge in [0.15, 0.2) is 5.92 Å². The van der Waals surface area contributed by atoms with E-state index in [1.54, 1.807) is 11.4 Å². The van der Waals surface area contributed by atoms with E-state index in [2.05, 4.69) is 10.3 Å². The highest BCUT2D eigenvalue weighted by Gasteiger charge is 2.28. The van der Waals surface area contributed by atoms with Crippen molar-refractivity contribution in [2.75, 3.05) is 7.05 Å². The Morgan fingerprint density at radius 3 is 2.68 bits per heavy atom. The van der Waals surface area contributed by atoms with Crippen molar-refractivity contribution in [1.82, 2.24) is 10.3 Å². The lowest BCUT2D eigenvalue weighted by Crippen LogP contribution is -2.32. The SMILES string of the molecule is CNC(=O)C(C#N)C(=O)c1csc(CCc2ccccc2)n1. The van der Waals surface area contributed by atoms with E-state index in [-0.39, 0.29) is 5.69 Å². The molecule has 0 fully saturated rings. The summed E-state index contributed by atoms with van der Waals surface area (Å²) in [6.07, 6.45) is 1.55.